The van der Waals surface area contributed by atoms with Gasteiger partial charge in [0.25, 0.3) is 11.5 Å². The number of nitrogens with one attached hydrogen (secondary N) is 1. The van der Waals surface area contributed by atoms with Crippen molar-refractivity contribution in [1.82, 2.24) is 25.0 Å². The summed E-state index contributed by atoms with van der Waals surface area (Å²) in [6.07, 6.45) is 4.99. The van der Waals surface area contributed by atoms with Gasteiger partial charge in [0.15, 0.2) is 0 Å². The van der Waals surface area contributed by atoms with Crippen LogP contribution in [-0.4, -0.2) is 57.1 Å². The summed E-state index contributed by atoms with van der Waals surface area (Å²) < 4.78 is 14.9. The molecule has 0 aliphatic carbocycles. The van der Waals surface area contributed by atoms with Crippen LogP contribution in [0.5, 0.6) is 0 Å². The molecule has 6 rings (SSSR count). The topological polar surface area (TPSA) is 82.2 Å². The van der Waals surface area contributed by atoms with Crippen molar-refractivity contribution in [1.29, 1.82) is 0 Å². The summed E-state index contributed by atoms with van der Waals surface area (Å²) in [4.78, 5) is 34.0. The van der Waals surface area contributed by atoms with E-state index in [4.69, 9.17) is 0 Å². The minimum absolute atomic E-state index is 0.0925. The molecule has 2 saturated heterocycles. The highest BCUT2D eigenvalue weighted by molar-refractivity contribution is 5.95. The number of piperidine rings is 1. The molecule has 2 aliphatic heterocycles. The molecule has 2 aromatic heterocycles. The summed E-state index contributed by atoms with van der Waals surface area (Å²) in [6.45, 7) is 4.08. The Morgan fingerprint density at radius 3 is 2.68 bits per heavy atom. The average molecular weight is 498 g/mol. The SMILES string of the molecule is O=C(c1cc(Cc2n[nH]c(=O)c3ccccc23)ccc1F)N1CCC2CN(Cc3cccnc3)CC2C1. The zero-order valence-electron chi connectivity index (χ0n) is 20.4. The number of fused-ring (bicyclic) bond motifs is 2. The number of aromatic nitrogens is 3. The first-order chi connectivity index (χ1) is 18.0. The Morgan fingerprint density at radius 2 is 1.84 bits per heavy atom. The van der Waals surface area contributed by atoms with Crippen LogP contribution in [0.3, 0.4) is 0 Å². The van der Waals surface area contributed by atoms with E-state index in [2.05, 4.69) is 26.1 Å². The molecule has 1 N–H and O–H groups in total. The molecule has 2 fully saturated rings. The number of hydrogen-bond acceptors (Lipinski definition) is 5. The van der Waals surface area contributed by atoms with Crippen molar-refractivity contribution in [2.45, 2.75) is 19.4 Å². The molecule has 2 atom stereocenters. The third kappa shape index (κ3) is 4.76. The second kappa shape index (κ2) is 9.86. The van der Waals surface area contributed by atoms with Crippen LogP contribution in [0.25, 0.3) is 10.8 Å². The fourth-order valence-corrected chi connectivity index (χ4v) is 5.85. The van der Waals surface area contributed by atoms with Crippen LogP contribution in [0, 0.1) is 17.7 Å². The van der Waals surface area contributed by atoms with E-state index in [1.807, 2.05) is 35.4 Å². The lowest BCUT2D eigenvalue weighted by molar-refractivity contribution is 0.0637. The van der Waals surface area contributed by atoms with Crippen molar-refractivity contribution in [3.63, 3.8) is 0 Å². The molecule has 4 aromatic rings. The van der Waals surface area contributed by atoms with E-state index in [1.54, 1.807) is 24.4 Å². The van der Waals surface area contributed by atoms with Gasteiger partial charge in [-0.2, -0.15) is 5.10 Å². The quantitative estimate of drug-likeness (QED) is 0.455. The predicted octanol–water partition coefficient (Wildman–Crippen LogP) is 3.64. The highest BCUT2D eigenvalue weighted by Crippen LogP contribution is 2.33. The van der Waals surface area contributed by atoms with Crippen LogP contribution in [0.2, 0.25) is 0 Å². The molecule has 0 bridgehead atoms. The van der Waals surface area contributed by atoms with Gasteiger partial charge in [-0.1, -0.05) is 30.3 Å². The van der Waals surface area contributed by atoms with Gasteiger partial charge in [-0.3, -0.25) is 19.5 Å². The minimum Gasteiger partial charge on any atom is -0.338 e. The Labute approximate surface area is 214 Å². The smallest absolute Gasteiger partial charge is 0.272 e. The summed E-state index contributed by atoms with van der Waals surface area (Å²) in [5.74, 6) is 0.163. The lowest BCUT2D eigenvalue weighted by Crippen LogP contribution is -2.43. The Kier molecular flexibility index (Phi) is 6.26. The maximum atomic E-state index is 14.9. The molecule has 4 heterocycles. The molecule has 188 valence electrons. The predicted molar refractivity (Wildman–Crippen MR) is 139 cm³/mol. The summed E-state index contributed by atoms with van der Waals surface area (Å²) in [7, 11) is 0. The van der Waals surface area contributed by atoms with Gasteiger partial charge in [0.1, 0.15) is 5.82 Å². The van der Waals surface area contributed by atoms with Gasteiger partial charge < -0.3 is 4.90 Å². The highest BCUT2D eigenvalue weighted by Gasteiger charge is 2.38. The number of carbonyl (C=O) groups is 1. The molecule has 0 saturated carbocycles. The maximum Gasteiger partial charge on any atom is 0.272 e. The van der Waals surface area contributed by atoms with Crippen molar-refractivity contribution in [3.05, 3.63) is 106 Å². The van der Waals surface area contributed by atoms with Crippen molar-refractivity contribution < 1.29 is 9.18 Å². The molecular formula is C29H28FN5O2. The van der Waals surface area contributed by atoms with Gasteiger partial charge in [-0.15, -0.1) is 0 Å². The Bertz CT molecular complexity index is 1510. The molecule has 8 heteroatoms. The molecule has 0 radical (unpaired) electrons. The van der Waals surface area contributed by atoms with Crippen LogP contribution < -0.4 is 5.56 Å². The number of amides is 1. The van der Waals surface area contributed by atoms with E-state index in [0.717, 1.165) is 37.0 Å². The molecule has 37 heavy (non-hydrogen) atoms. The van der Waals surface area contributed by atoms with Crippen LogP contribution in [0.4, 0.5) is 4.39 Å². The number of H-pyrrole nitrogens is 1. The average Bonchev–Trinajstić information content (AvgIpc) is 3.33. The standard InChI is InChI=1S/C29H28FN5O2/c30-26-8-7-19(13-27-23-5-1-2-6-24(23)28(36)33-32-27)12-25(26)29(37)35-11-9-21-16-34(17-22(21)18-35)15-20-4-3-10-31-14-20/h1-8,10,12,14,21-22H,9,11,13,15-18H2,(H,33,36). The molecule has 0 spiro atoms. The number of aromatic amines is 1. The van der Waals surface area contributed by atoms with Crippen LogP contribution >= 0.6 is 0 Å². The van der Waals surface area contributed by atoms with E-state index >= 15 is 0 Å². The number of rotatable bonds is 5. The monoisotopic (exact) mass is 497 g/mol. The first-order valence-electron chi connectivity index (χ1n) is 12.7. The third-order valence-electron chi connectivity index (χ3n) is 7.70. The number of likely N-dealkylation sites (tertiary alicyclic amines) is 2. The van der Waals surface area contributed by atoms with Gasteiger partial charge >= 0.3 is 0 Å². The lowest BCUT2D eigenvalue weighted by atomic mass is 9.88. The van der Waals surface area contributed by atoms with E-state index < -0.39 is 5.82 Å². The summed E-state index contributed by atoms with van der Waals surface area (Å²) in [6, 6.07) is 16.0. The van der Waals surface area contributed by atoms with E-state index in [1.165, 1.54) is 11.6 Å². The van der Waals surface area contributed by atoms with Gasteiger partial charge in [-0.25, -0.2) is 9.49 Å². The van der Waals surface area contributed by atoms with Crippen molar-refractivity contribution in [2.24, 2.45) is 11.8 Å². The van der Waals surface area contributed by atoms with Gasteiger partial charge in [0.2, 0.25) is 0 Å². The number of halogens is 1. The number of benzene rings is 2. The zero-order valence-corrected chi connectivity index (χ0v) is 20.4. The third-order valence-corrected chi connectivity index (χ3v) is 7.70. The summed E-state index contributed by atoms with van der Waals surface area (Å²) in [5, 5.41) is 8.08. The molecule has 1 amide bonds. The maximum absolute atomic E-state index is 14.9. The van der Waals surface area contributed by atoms with Gasteiger partial charge in [-0.05, 0) is 53.6 Å². The summed E-state index contributed by atoms with van der Waals surface area (Å²) >= 11 is 0. The van der Waals surface area contributed by atoms with Crippen molar-refractivity contribution >= 4 is 16.7 Å². The molecule has 2 aliphatic rings. The van der Waals surface area contributed by atoms with Gasteiger partial charge in [0, 0.05) is 56.9 Å². The zero-order chi connectivity index (χ0) is 25.4. The van der Waals surface area contributed by atoms with Crippen LogP contribution in [0.15, 0.2) is 71.8 Å². The van der Waals surface area contributed by atoms with Crippen molar-refractivity contribution in [3.8, 4) is 0 Å². The normalized spacial score (nSPS) is 19.8. The Morgan fingerprint density at radius 1 is 1.00 bits per heavy atom. The van der Waals surface area contributed by atoms with Crippen LogP contribution in [-0.2, 0) is 13.0 Å². The highest BCUT2D eigenvalue weighted by atomic mass is 19.1. The first kappa shape index (κ1) is 23.5. The first-order valence-corrected chi connectivity index (χ1v) is 12.7. The fourth-order valence-electron chi connectivity index (χ4n) is 5.85. The minimum atomic E-state index is -0.514. The number of nitrogens with zero attached hydrogens (tertiary/aromatic N) is 4. The van der Waals surface area contributed by atoms with Crippen LogP contribution in [0.1, 0.15) is 33.6 Å². The number of carbonyl (C=O) groups excluding carboxylic acids is 1. The van der Waals surface area contributed by atoms with E-state index in [-0.39, 0.29) is 17.0 Å². The van der Waals surface area contributed by atoms with Crippen molar-refractivity contribution in [2.75, 3.05) is 26.2 Å². The number of pyridine rings is 1. The second-order valence-electron chi connectivity index (χ2n) is 10.2. The van der Waals surface area contributed by atoms with E-state index in [9.17, 15) is 14.0 Å². The molecular weight excluding hydrogens is 469 g/mol. The molecule has 7 nitrogen and oxygen atoms in total. The number of hydrogen-bond donors (Lipinski definition) is 1. The van der Waals surface area contributed by atoms with Gasteiger partial charge in [0.05, 0.1) is 16.6 Å². The fraction of sp³-hybridized carbons (Fsp3) is 0.310. The largest absolute Gasteiger partial charge is 0.338 e. The lowest BCUT2D eigenvalue weighted by Gasteiger charge is -2.34. The Hall–Kier alpha value is -3.91. The molecule has 2 unspecified atom stereocenters. The Balaban J connectivity index is 1.17. The second-order valence-corrected chi connectivity index (χ2v) is 10.2. The molecule has 2 aromatic carbocycles. The van der Waals surface area contributed by atoms with E-state index in [0.29, 0.717) is 42.4 Å². The summed E-state index contributed by atoms with van der Waals surface area (Å²) in [5.41, 5.74) is 2.49.